The molecule has 0 saturated heterocycles. The molecule has 24 heavy (non-hydrogen) atoms. The van der Waals surface area contributed by atoms with Crippen LogP contribution in [-0.4, -0.2) is 28.2 Å². The van der Waals surface area contributed by atoms with E-state index in [0.29, 0.717) is 13.0 Å². The quantitative estimate of drug-likeness (QED) is 0.689. The Labute approximate surface area is 145 Å². The number of aliphatic hydroxyl groups is 1. The molecule has 0 bridgehead atoms. The Balaban J connectivity index is 1.76. The average molecular weight is 339 g/mol. The molecule has 1 aliphatic rings. The van der Waals surface area contributed by atoms with Gasteiger partial charge in [0.1, 0.15) is 17.0 Å². The molecule has 2 aromatic heterocycles. The van der Waals surface area contributed by atoms with Gasteiger partial charge in [-0.15, -0.1) is 11.3 Å². The third kappa shape index (κ3) is 2.89. The second-order valence-corrected chi connectivity index (χ2v) is 7.10. The first kappa shape index (κ1) is 15.5. The Hall–Kier alpha value is -1.98. The molecule has 0 atom stereocenters. The van der Waals surface area contributed by atoms with Crippen molar-refractivity contribution in [1.82, 2.24) is 9.97 Å². The predicted octanol–water partition coefficient (Wildman–Crippen LogP) is 4.03. The molecule has 2 heterocycles. The Morgan fingerprint density at radius 2 is 2.00 bits per heavy atom. The lowest BCUT2D eigenvalue weighted by molar-refractivity contribution is 0.292. The minimum atomic E-state index is 0.183. The summed E-state index contributed by atoms with van der Waals surface area (Å²) in [6.45, 7) is 0.893. The van der Waals surface area contributed by atoms with Crippen molar-refractivity contribution in [2.45, 2.75) is 32.1 Å². The fraction of sp³-hybridized carbons (Fsp3) is 0.368. The second kappa shape index (κ2) is 6.87. The smallest absolute Gasteiger partial charge is 0.138 e. The van der Waals surface area contributed by atoms with Crippen LogP contribution in [0.3, 0.4) is 0 Å². The Kier molecular flexibility index (Phi) is 4.45. The van der Waals surface area contributed by atoms with Gasteiger partial charge in [0.2, 0.25) is 0 Å². The third-order valence-corrected chi connectivity index (χ3v) is 5.54. The number of fused-ring (bicyclic) bond motifs is 2. The molecular weight excluding hydrogens is 318 g/mol. The lowest BCUT2D eigenvalue weighted by atomic mass is 9.89. The number of anilines is 1. The summed E-state index contributed by atoms with van der Waals surface area (Å²) in [6, 6.07) is 6.87. The summed E-state index contributed by atoms with van der Waals surface area (Å²) < 4.78 is 0. The van der Waals surface area contributed by atoms with E-state index in [1.165, 1.54) is 47.9 Å². The van der Waals surface area contributed by atoms with Crippen molar-refractivity contribution < 1.29 is 5.11 Å². The first-order valence-corrected chi connectivity index (χ1v) is 9.44. The zero-order valence-corrected chi connectivity index (χ0v) is 14.4. The zero-order chi connectivity index (χ0) is 16.4. The Bertz CT molecular complexity index is 859. The summed E-state index contributed by atoms with van der Waals surface area (Å²) >= 11 is 1.66. The van der Waals surface area contributed by atoms with Crippen molar-refractivity contribution >= 4 is 27.4 Å². The molecule has 0 unspecified atom stereocenters. The second-order valence-electron chi connectivity index (χ2n) is 6.25. The molecule has 0 saturated carbocycles. The Morgan fingerprint density at radius 3 is 2.88 bits per heavy atom. The van der Waals surface area contributed by atoms with Crippen LogP contribution in [0.2, 0.25) is 0 Å². The minimum Gasteiger partial charge on any atom is -0.396 e. The number of hydrogen-bond acceptors (Lipinski definition) is 5. The normalized spacial score (nSPS) is 13.9. The molecule has 0 spiro atoms. The first-order valence-electron chi connectivity index (χ1n) is 8.56. The molecule has 5 heteroatoms. The highest BCUT2D eigenvalue weighted by molar-refractivity contribution is 7.17. The van der Waals surface area contributed by atoms with Crippen molar-refractivity contribution in [2.24, 2.45) is 0 Å². The molecule has 4 nitrogen and oxygen atoms in total. The number of nitrogens with zero attached hydrogens (tertiary/aromatic N) is 2. The molecule has 4 rings (SSSR count). The average Bonchev–Trinajstić information content (AvgIpc) is 3.06. The standard InChI is InChI=1S/C19H21N3OS/c23-9-3-8-20-18-17-16(11-24-19(17)22-12-21-18)15-7-6-13-4-1-2-5-14(13)10-15/h6-7,10-12,23H,1-5,8-9H2,(H,20,21,22). The lowest BCUT2D eigenvalue weighted by Crippen LogP contribution is -2.05. The fourth-order valence-corrected chi connectivity index (χ4v) is 4.32. The lowest BCUT2D eigenvalue weighted by Gasteiger charge is -2.16. The van der Waals surface area contributed by atoms with Gasteiger partial charge in [0.25, 0.3) is 0 Å². The fourth-order valence-electron chi connectivity index (χ4n) is 3.41. The summed E-state index contributed by atoms with van der Waals surface area (Å²) in [7, 11) is 0. The highest BCUT2D eigenvalue weighted by Crippen LogP contribution is 2.37. The highest BCUT2D eigenvalue weighted by atomic mass is 32.1. The van der Waals surface area contributed by atoms with Crippen molar-refractivity contribution in [2.75, 3.05) is 18.5 Å². The van der Waals surface area contributed by atoms with Gasteiger partial charge in [-0.2, -0.15) is 0 Å². The summed E-state index contributed by atoms with van der Waals surface area (Å²) in [5.74, 6) is 0.863. The van der Waals surface area contributed by atoms with Crippen molar-refractivity contribution in [3.05, 3.63) is 41.0 Å². The number of benzene rings is 1. The van der Waals surface area contributed by atoms with Crippen LogP contribution in [0.1, 0.15) is 30.4 Å². The zero-order valence-electron chi connectivity index (χ0n) is 13.6. The van der Waals surface area contributed by atoms with Gasteiger partial charge in [-0.3, -0.25) is 0 Å². The first-order chi connectivity index (χ1) is 11.9. The maximum Gasteiger partial charge on any atom is 0.138 e. The maximum atomic E-state index is 8.99. The summed E-state index contributed by atoms with van der Waals surface area (Å²) in [5, 5.41) is 15.6. The van der Waals surface area contributed by atoms with Crippen LogP contribution < -0.4 is 5.32 Å². The van der Waals surface area contributed by atoms with Gasteiger partial charge in [0.15, 0.2) is 0 Å². The third-order valence-electron chi connectivity index (χ3n) is 4.66. The van der Waals surface area contributed by atoms with E-state index < -0.39 is 0 Å². The summed E-state index contributed by atoms with van der Waals surface area (Å²) in [4.78, 5) is 9.85. The predicted molar refractivity (Wildman–Crippen MR) is 99.7 cm³/mol. The molecule has 3 aromatic rings. The van der Waals surface area contributed by atoms with E-state index in [1.807, 2.05) is 0 Å². The molecular formula is C19H21N3OS. The van der Waals surface area contributed by atoms with Gasteiger partial charge < -0.3 is 10.4 Å². The van der Waals surface area contributed by atoms with Crippen molar-refractivity contribution in [1.29, 1.82) is 0 Å². The van der Waals surface area contributed by atoms with Crippen LogP contribution in [0, 0.1) is 0 Å². The van der Waals surface area contributed by atoms with Gasteiger partial charge in [0, 0.05) is 24.1 Å². The van der Waals surface area contributed by atoms with E-state index >= 15 is 0 Å². The van der Waals surface area contributed by atoms with Gasteiger partial charge in [-0.1, -0.05) is 18.2 Å². The SMILES string of the molecule is OCCCNc1ncnc2scc(-c3ccc4c(c3)CCCC4)c12. The van der Waals surface area contributed by atoms with Gasteiger partial charge in [-0.25, -0.2) is 9.97 Å². The summed E-state index contributed by atoms with van der Waals surface area (Å²) in [5.41, 5.74) is 5.45. The topological polar surface area (TPSA) is 58.0 Å². The molecule has 0 aliphatic heterocycles. The molecule has 0 fully saturated rings. The molecule has 124 valence electrons. The van der Waals surface area contributed by atoms with E-state index in [9.17, 15) is 0 Å². The number of nitrogens with one attached hydrogen (secondary N) is 1. The maximum absolute atomic E-state index is 8.99. The van der Waals surface area contributed by atoms with Gasteiger partial charge in [0.05, 0.1) is 5.39 Å². The number of thiophene rings is 1. The van der Waals surface area contributed by atoms with E-state index in [4.69, 9.17) is 5.11 Å². The van der Waals surface area contributed by atoms with Crippen molar-refractivity contribution in [3.63, 3.8) is 0 Å². The molecule has 0 amide bonds. The highest BCUT2D eigenvalue weighted by Gasteiger charge is 2.15. The van der Waals surface area contributed by atoms with Crippen molar-refractivity contribution in [3.8, 4) is 11.1 Å². The molecule has 2 N–H and O–H groups in total. The van der Waals surface area contributed by atoms with Gasteiger partial charge >= 0.3 is 0 Å². The largest absolute Gasteiger partial charge is 0.396 e. The summed E-state index contributed by atoms with van der Waals surface area (Å²) in [6.07, 6.45) is 7.30. The molecule has 0 radical (unpaired) electrons. The van der Waals surface area contributed by atoms with Crippen LogP contribution in [-0.2, 0) is 12.8 Å². The number of aliphatic hydroxyl groups excluding tert-OH is 1. The van der Waals surface area contributed by atoms with Crippen LogP contribution in [0.25, 0.3) is 21.3 Å². The van der Waals surface area contributed by atoms with Crippen LogP contribution in [0.15, 0.2) is 29.9 Å². The molecule has 1 aromatic carbocycles. The van der Waals surface area contributed by atoms with E-state index in [2.05, 4.69) is 38.9 Å². The Morgan fingerprint density at radius 1 is 1.12 bits per heavy atom. The number of aromatic nitrogens is 2. The molecule has 1 aliphatic carbocycles. The van der Waals surface area contributed by atoms with Crippen LogP contribution >= 0.6 is 11.3 Å². The van der Waals surface area contributed by atoms with Crippen LogP contribution in [0.4, 0.5) is 5.82 Å². The van der Waals surface area contributed by atoms with E-state index in [0.717, 1.165) is 16.0 Å². The monoisotopic (exact) mass is 339 g/mol. The number of rotatable bonds is 5. The number of hydrogen-bond donors (Lipinski definition) is 2. The van der Waals surface area contributed by atoms with E-state index in [1.54, 1.807) is 17.7 Å². The van der Waals surface area contributed by atoms with E-state index in [-0.39, 0.29) is 6.61 Å². The van der Waals surface area contributed by atoms with Gasteiger partial charge in [-0.05, 0) is 48.8 Å². The van der Waals surface area contributed by atoms with Crippen LogP contribution in [0.5, 0.6) is 0 Å². The minimum absolute atomic E-state index is 0.183. The number of aryl methyl sites for hydroxylation is 2.